The van der Waals surface area contributed by atoms with Gasteiger partial charge in [0.1, 0.15) is 6.04 Å². The predicted molar refractivity (Wildman–Crippen MR) is 97.8 cm³/mol. The van der Waals surface area contributed by atoms with Gasteiger partial charge in [0.05, 0.1) is 37.9 Å². The van der Waals surface area contributed by atoms with Crippen LogP contribution in [-0.4, -0.2) is 42.4 Å². The summed E-state index contributed by atoms with van der Waals surface area (Å²) in [6.45, 7) is 2.26. The number of para-hydroxylation sites is 1. The zero-order chi connectivity index (χ0) is 17.8. The Morgan fingerprint density at radius 1 is 1.31 bits per heavy atom. The van der Waals surface area contributed by atoms with E-state index in [0.717, 1.165) is 38.8 Å². The number of H-pyrrole nitrogens is 1. The second-order valence-electron chi connectivity index (χ2n) is 8.33. The maximum Gasteiger partial charge on any atom is 0.311 e. The largest absolute Gasteiger partial charge is 0.469 e. The van der Waals surface area contributed by atoms with Crippen LogP contribution in [-0.2, 0) is 16.0 Å². The second kappa shape index (κ2) is 6.10. The molecule has 1 aromatic carbocycles. The van der Waals surface area contributed by atoms with E-state index in [1.165, 1.54) is 29.3 Å². The van der Waals surface area contributed by atoms with E-state index in [9.17, 15) is 9.90 Å². The number of aromatic nitrogens is 1. The lowest BCUT2D eigenvalue weighted by Crippen LogP contribution is -3.15. The van der Waals surface area contributed by atoms with E-state index in [1.54, 1.807) is 4.90 Å². The molecule has 6 atom stereocenters. The Morgan fingerprint density at radius 2 is 2.15 bits per heavy atom. The van der Waals surface area contributed by atoms with Gasteiger partial charge in [-0.2, -0.15) is 0 Å². The van der Waals surface area contributed by atoms with Gasteiger partial charge in [0, 0.05) is 29.7 Å². The van der Waals surface area contributed by atoms with Crippen molar-refractivity contribution in [1.29, 1.82) is 0 Å². The first-order chi connectivity index (χ1) is 12.7. The molecule has 3 aliphatic rings. The third kappa shape index (κ3) is 2.33. The topological polar surface area (TPSA) is 66.8 Å². The molecule has 2 aliphatic heterocycles. The number of fused-ring (bicyclic) bond motifs is 6. The quantitative estimate of drug-likeness (QED) is 0.674. The van der Waals surface area contributed by atoms with E-state index in [1.807, 2.05) is 0 Å². The third-order valence-corrected chi connectivity index (χ3v) is 7.20. The number of aliphatic hydroxyl groups is 1. The maximum absolute atomic E-state index is 12.4. The van der Waals surface area contributed by atoms with Crippen LogP contribution in [0.4, 0.5) is 0 Å². The number of aliphatic hydroxyl groups excluding tert-OH is 1. The van der Waals surface area contributed by atoms with Gasteiger partial charge in [-0.05, 0) is 30.4 Å². The van der Waals surface area contributed by atoms with Crippen molar-refractivity contribution in [3.8, 4) is 0 Å². The summed E-state index contributed by atoms with van der Waals surface area (Å²) in [7, 11) is 1.44. The molecule has 0 spiro atoms. The number of ether oxygens (including phenoxy) is 1. The minimum Gasteiger partial charge on any atom is -0.469 e. The molecule has 2 aromatic rings. The van der Waals surface area contributed by atoms with E-state index < -0.39 is 6.10 Å². The maximum atomic E-state index is 12.4. The van der Waals surface area contributed by atoms with Crippen LogP contribution in [0.3, 0.4) is 0 Å². The Labute approximate surface area is 153 Å². The molecule has 5 nitrogen and oxygen atoms in total. The highest BCUT2D eigenvalue weighted by molar-refractivity contribution is 5.85. The van der Waals surface area contributed by atoms with E-state index in [-0.39, 0.29) is 17.8 Å². The lowest BCUT2D eigenvalue weighted by Gasteiger charge is -2.48. The average molecular weight is 355 g/mol. The molecule has 3 heterocycles. The van der Waals surface area contributed by atoms with Crippen LogP contribution < -0.4 is 4.90 Å². The summed E-state index contributed by atoms with van der Waals surface area (Å²) < 4.78 is 5.05. The first kappa shape index (κ1) is 16.3. The first-order valence-corrected chi connectivity index (χ1v) is 9.87. The monoisotopic (exact) mass is 355 g/mol. The lowest BCUT2D eigenvalue weighted by atomic mass is 9.65. The Kier molecular flexibility index (Phi) is 3.83. The van der Waals surface area contributed by atoms with Crippen molar-refractivity contribution in [1.82, 2.24) is 4.98 Å². The Bertz CT molecular complexity index is 845. The van der Waals surface area contributed by atoms with Crippen molar-refractivity contribution in [2.45, 2.75) is 37.8 Å². The zero-order valence-corrected chi connectivity index (χ0v) is 15.2. The van der Waals surface area contributed by atoms with Crippen molar-refractivity contribution in [2.24, 2.45) is 17.8 Å². The van der Waals surface area contributed by atoms with Crippen LogP contribution in [0.15, 0.2) is 24.3 Å². The zero-order valence-electron chi connectivity index (χ0n) is 15.2. The summed E-state index contributed by atoms with van der Waals surface area (Å²) in [5.74, 6) is 0.135. The Morgan fingerprint density at radius 3 is 3.00 bits per heavy atom. The molecule has 0 radical (unpaired) electrons. The molecule has 5 rings (SSSR count). The van der Waals surface area contributed by atoms with Gasteiger partial charge < -0.3 is 19.7 Å². The van der Waals surface area contributed by atoms with Crippen molar-refractivity contribution in [2.75, 3.05) is 20.2 Å². The van der Waals surface area contributed by atoms with Crippen LogP contribution in [0.1, 0.15) is 36.6 Å². The number of quaternary nitrogens is 1. The number of methoxy groups -OCH3 is 1. The van der Waals surface area contributed by atoms with E-state index in [2.05, 4.69) is 29.2 Å². The standard InChI is InChI=1S/C21H26N2O3/c1-26-21(25)19-15-10-17-20-14(13-4-2-3-5-16(13)22-20)8-9-23(17)11-12(15)6-7-18(19)24/h2-5,12,15,17-19,22,24H,6-11H2,1H3/p+1/t12-,15+,17+,18-,19+/m0/s1. The number of rotatable bonds is 1. The fourth-order valence-corrected chi connectivity index (χ4v) is 6.01. The molecule has 138 valence electrons. The predicted octanol–water partition coefficient (Wildman–Crippen LogP) is 1.23. The average Bonchev–Trinajstić information content (AvgIpc) is 3.05. The molecule has 1 aliphatic carbocycles. The third-order valence-electron chi connectivity index (χ3n) is 7.20. The highest BCUT2D eigenvalue weighted by atomic mass is 16.5. The van der Waals surface area contributed by atoms with Gasteiger partial charge in [-0.25, -0.2) is 0 Å². The minimum atomic E-state index is -0.559. The Balaban J connectivity index is 1.52. The number of esters is 1. The molecular formula is C21H27N2O3+. The molecular weight excluding hydrogens is 328 g/mol. The Hall–Kier alpha value is -1.85. The number of carbonyl (C=O) groups excluding carboxylic acids is 1. The van der Waals surface area contributed by atoms with E-state index >= 15 is 0 Å². The lowest BCUT2D eigenvalue weighted by molar-refractivity contribution is -0.945. The van der Waals surface area contributed by atoms with Crippen LogP contribution in [0.25, 0.3) is 10.9 Å². The van der Waals surface area contributed by atoms with E-state index in [4.69, 9.17) is 4.74 Å². The van der Waals surface area contributed by atoms with E-state index in [0.29, 0.717) is 12.0 Å². The van der Waals surface area contributed by atoms with Crippen molar-refractivity contribution >= 4 is 16.9 Å². The summed E-state index contributed by atoms with van der Waals surface area (Å²) >= 11 is 0. The number of benzene rings is 1. The molecule has 1 saturated heterocycles. The summed E-state index contributed by atoms with van der Waals surface area (Å²) in [6, 6.07) is 8.95. The van der Waals surface area contributed by atoms with Gasteiger partial charge in [0.15, 0.2) is 0 Å². The van der Waals surface area contributed by atoms with Gasteiger partial charge in [0.2, 0.25) is 0 Å². The normalized spacial score (nSPS) is 36.1. The van der Waals surface area contributed by atoms with Crippen molar-refractivity contribution in [3.05, 3.63) is 35.5 Å². The second-order valence-corrected chi connectivity index (χ2v) is 8.33. The summed E-state index contributed by atoms with van der Waals surface area (Å²) in [4.78, 5) is 17.7. The van der Waals surface area contributed by atoms with Crippen LogP contribution in [0.2, 0.25) is 0 Å². The highest BCUT2D eigenvalue weighted by Gasteiger charge is 2.51. The molecule has 5 heteroatoms. The van der Waals surface area contributed by atoms with Gasteiger partial charge in [-0.15, -0.1) is 0 Å². The molecule has 2 fully saturated rings. The molecule has 26 heavy (non-hydrogen) atoms. The summed E-state index contributed by atoms with van der Waals surface area (Å²) in [6.07, 6.45) is 3.25. The smallest absolute Gasteiger partial charge is 0.311 e. The number of hydrogen-bond donors (Lipinski definition) is 3. The van der Waals surface area contributed by atoms with Gasteiger partial charge in [0.25, 0.3) is 0 Å². The van der Waals surface area contributed by atoms with Crippen LogP contribution >= 0.6 is 0 Å². The molecule has 3 N–H and O–H groups in total. The van der Waals surface area contributed by atoms with Gasteiger partial charge >= 0.3 is 5.97 Å². The van der Waals surface area contributed by atoms with Crippen LogP contribution in [0.5, 0.6) is 0 Å². The fraction of sp³-hybridized carbons (Fsp3) is 0.571. The molecule has 1 unspecified atom stereocenters. The number of carbonyl (C=O) groups is 1. The number of aromatic amines is 1. The van der Waals surface area contributed by atoms with Crippen molar-refractivity contribution < 1.29 is 19.5 Å². The number of nitrogens with one attached hydrogen (secondary N) is 2. The van der Waals surface area contributed by atoms with Gasteiger partial charge in [-0.3, -0.25) is 4.79 Å². The molecule has 1 saturated carbocycles. The number of hydrogen-bond acceptors (Lipinski definition) is 3. The highest BCUT2D eigenvalue weighted by Crippen LogP contribution is 2.43. The first-order valence-electron chi connectivity index (χ1n) is 9.87. The molecule has 0 amide bonds. The minimum absolute atomic E-state index is 0.220. The van der Waals surface area contributed by atoms with Crippen molar-refractivity contribution in [3.63, 3.8) is 0 Å². The number of piperidine rings is 1. The van der Waals surface area contributed by atoms with Gasteiger partial charge in [-0.1, -0.05) is 18.2 Å². The summed E-state index contributed by atoms with van der Waals surface area (Å²) in [5, 5.41) is 11.8. The summed E-state index contributed by atoms with van der Waals surface area (Å²) in [5.41, 5.74) is 4.03. The van der Waals surface area contributed by atoms with Crippen LogP contribution in [0, 0.1) is 17.8 Å². The molecule has 0 bridgehead atoms. The SMILES string of the molecule is COC(=O)[C@@H]1[C@@H]2C[C@@H]3c4[nH]c5ccccc5c4CC[NH+]3C[C@@H]2CC[C@@H]1O. The molecule has 1 aromatic heterocycles. The fourth-order valence-electron chi connectivity index (χ4n) is 6.01.